The van der Waals surface area contributed by atoms with Gasteiger partial charge in [-0.25, -0.2) is 0 Å². The number of fused-ring (bicyclic) bond motifs is 10. The van der Waals surface area contributed by atoms with E-state index in [2.05, 4.69) is 161 Å². The van der Waals surface area contributed by atoms with E-state index in [4.69, 9.17) is 0 Å². The first-order valence-corrected chi connectivity index (χ1v) is 42.3. The second-order valence-electron chi connectivity index (χ2n) is 40.5. The van der Waals surface area contributed by atoms with Crippen LogP contribution in [-0.4, -0.2) is 15.8 Å². The minimum Gasteiger partial charge on any atom is -0.311 e. The Bertz CT molecular complexity index is 6420. The van der Waals surface area contributed by atoms with Crippen molar-refractivity contribution in [3.8, 4) is 55.9 Å². The monoisotopic (exact) mass is 1560 g/mol. The van der Waals surface area contributed by atoms with Gasteiger partial charge in [-0.3, -0.25) is 0 Å². The average Bonchev–Trinajstić information content (AvgIpc) is 0.775. The van der Waals surface area contributed by atoms with Gasteiger partial charge in [-0.2, -0.15) is 0 Å². The highest BCUT2D eigenvalue weighted by molar-refractivity contribution is 7.00. The Labute approximate surface area is 722 Å². The third-order valence-corrected chi connectivity index (χ3v) is 22.1. The van der Waals surface area contributed by atoms with Crippen LogP contribution in [0.1, 0.15) is 201 Å². The number of anilines is 6. The summed E-state index contributed by atoms with van der Waals surface area (Å²) in [4.78, 5) is 4.92. The van der Waals surface area contributed by atoms with Gasteiger partial charge in [0, 0.05) is 83.2 Å². The van der Waals surface area contributed by atoms with Crippen molar-refractivity contribution in [1.82, 2.24) is 9.13 Å². The summed E-state index contributed by atoms with van der Waals surface area (Å²) in [6.45, 7) is 41.2. The Morgan fingerprint density at radius 2 is 0.534 bits per heavy atom. The summed E-state index contributed by atoms with van der Waals surface area (Å²) in [6.07, 6.45) is -10.3. The second kappa shape index (κ2) is 29.6. The molecule has 15 aromatic rings. The van der Waals surface area contributed by atoms with Gasteiger partial charge in [0.1, 0.15) is 0 Å². The van der Waals surface area contributed by atoms with E-state index in [1.165, 1.54) is 0 Å². The zero-order chi connectivity index (χ0) is 93.8. The number of benzene rings is 13. The molecule has 0 fully saturated rings. The van der Waals surface area contributed by atoms with Gasteiger partial charge in [-0.1, -0.05) is 303 Å². The summed E-state index contributed by atoms with van der Waals surface area (Å²) in [7, 11) is 0. The van der Waals surface area contributed by atoms with Gasteiger partial charge < -0.3 is 18.9 Å². The quantitative estimate of drug-likeness (QED) is 0.0951. The lowest BCUT2D eigenvalue weighted by molar-refractivity contribution is 0.411. The fourth-order valence-corrected chi connectivity index (χ4v) is 18.2. The number of rotatable bonds is 15. The van der Waals surface area contributed by atoms with Crippen molar-refractivity contribution in [2.24, 2.45) is 37.9 Å². The van der Waals surface area contributed by atoms with E-state index < -0.39 is 77.4 Å². The van der Waals surface area contributed by atoms with Crippen LogP contribution in [0.25, 0.3) is 99.5 Å². The zero-order valence-electron chi connectivity index (χ0n) is 85.0. The Morgan fingerprint density at radius 3 is 0.814 bits per heavy atom. The van der Waals surface area contributed by atoms with Crippen molar-refractivity contribution < 1.29 is 16.4 Å². The van der Waals surface area contributed by atoms with E-state index in [0.29, 0.717) is 39.8 Å². The Balaban J connectivity index is 1.07. The number of nitrogens with zero attached hydrogens (tertiary/aromatic N) is 4. The standard InChI is InChI=1S/C113H121BN4/c1-107(2,3)66-73-42-50-96-90(54-73)91-55-74(67-108(4,5)6)43-51-97(91)115(96)84-46-48-94-102(62-84)117(100-64-86(78-34-26-22-27-35-78)82(71-112(16,17)18)60-88(100)80-38-30-24-31-39-80)104-58-77(70-111(13,14)15)59-105-106(104)114(94)95-49-47-85(116-98-52-44-75(68-109(7,8)9)56-92(98)93-57-76(45-53-99(93)116)69-110(10,11)12)63-103(95)118(105)101-65-87(79-36-28-23-29-37-79)83(72-113(19,20)21)61-89(101)81-40-32-25-33-41-81/h22-65H,66-72H2,1-21H3/i66D2,67D2,68D2,69D2,71D2,72D2. The fraction of sp³-hybridized carbons (Fsp3) is 0.310. The van der Waals surface area contributed by atoms with Crippen molar-refractivity contribution in [2.75, 3.05) is 9.80 Å². The maximum atomic E-state index is 10.5. The molecule has 0 saturated heterocycles. The van der Waals surface area contributed by atoms with Crippen molar-refractivity contribution in [2.45, 2.75) is 190 Å². The highest BCUT2D eigenvalue weighted by Crippen LogP contribution is 2.54. The van der Waals surface area contributed by atoms with Crippen LogP contribution in [0.5, 0.6) is 0 Å². The lowest BCUT2D eigenvalue weighted by Gasteiger charge is -2.46. The molecule has 2 aliphatic heterocycles. The largest absolute Gasteiger partial charge is 0.311 e. The van der Waals surface area contributed by atoms with Gasteiger partial charge in [-0.05, 0) is 280 Å². The second-order valence-corrected chi connectivity index (χ2v) is 40.5. The first-order chi connectivity index (χ1) is 60.5. The van der Waals surface area contributed by atoms with E-state index in [0.717, 1.165) is 156 Å². The molecule has 0 unspecified atom stereocenters. The fourth-order valence-electron chi connectivity index (χ4n) is 18.2. The highest BCUT2D eigenvalue weighted by Gasteiger charge is 2.46. The van der Waals surface area contributed by atoms with Gasteiger partial charge in [-0.15, -0.1) is 0 Å². The molecule has 0 amide bonds. The third-order valence-electron chi connectivity index (χ3n) is 22.1. The summed E-state index contributed by atoms with van der Waals surface area (Å²) in [5.74, 6) is 0. The smallest absolute Gasteiger partial charge is 0.252 e. The summed E-state index contributed by atoms with van der Waals surface area (Å²) in [6, 6.07) is 92.0. The van der Waals surface area contributed by atoms with Gasteiger partial charge in [0.25, 0.3) is 6.71 Å². The first-order valence-electron chi connectivity index (χ1n) is 48.3. The number of aromatic nitrogens is 2. The van der Waals surface area contributed by atoms with Gasteiger partial charge in [0.2, 0.25) is 0 Å². The molecule has 0 N–H and O–H groups in total. The van der Waals surface area contributed by atoms with Crippen molar-refractivity contribution in [3.63, 3.8) is 0 Å². The van der Waals surface area contributed by atoms with Crippen LogP contribution in [0, 0.1) is 37.9 Å². The predicted molar refractivity (Wildman–Crippen MR) is 513 cm³/mol. The van der Waals surface area contributed by atoms with Crippen LogP contribution in [0.4, 0.5) is 34.1 Å². The van der Waals surface area contributed by atoms with Crippen LogP contribution in [0.2, 0.25) is 0 Å². The molecule has 4 heterocycles. The van der Waals surface area contributed by atoms with Gasteiger partial charge in [0.05, 0.1) is 33.4 Å². The minimum atomic E-state index is -1.91. The third kappa shape index (κ3) is 16.1. The van der Waals surface area contributed by atoms with E-state index >= 15 is 0 Å². The lowest BCUT2D eigenvalue weighted by atomic mass is 9.33. The number of hydrogen-bond acceptors (Lipinski definition) is 2. The Kier molecular flexibility index (Phi) is 16.6. The molecule has 118 heavy (non-hydrogen) atoms. The average molecular weight is 1560 g/mol. The lowest BCUT2D eigenvalue weighted by Crippen LogP contribution is -2.61. The SMILES string of the molecule is [2H]C([2H])(c1ccc2c(c1)c1cc(C([2H])([2H])C(C)(C)C)ccc1n2-c1ccc2c(c1)N(c1cc(-c3ccccc3)c(C([2H])([2H])C(C)(C)C)cc1-c1ccccc1)c1cc(CC(C)(C)C)cc3c1B2c1ccc(-n2c4ccc(C([2H])([2H])C(C)(C)C)cc4c4cc(C([2H])([2H])C(C)(C)C)ccc42)cc1N3c1cc(-c2ccccc2)c(C([2H])([2H])C(C)(C)C)cc1-c1ccccc1)C(C)(C)C. The molecule has 4 nitrogen and oxygen atoms in total. The van der Waals surface area contributed by atoms with Crippen LogP contribution in [-0.2, 0) is 44.7 Å². The van der Waals surface area contributed by atoms with Crippen LogP contribution in [0.15, 0.2) is 267 Å². The molecular weight excluding hydrogens is 1420 g/mol. The molecule has 0 spiro atoms. The maximum absolute atomic E-state index is 10.5. The number of hydrogen-bond donors (Lipinski definition) is 0. The van der Waals surface area contributed by atoms with Crippen LogP contribution < -0.4 is 26.2 Å². The van der Waals surface area contributed by atoms with E-state index in [1.807, 2.05) is 270 Å². The topological polar surface area (TPSA) is 16.3 Å². The normalized spacial score (nSPS) is 15.7. The summed E-state index contributed by atoms with van der Waals surface area (Å²) < 4.78 is 125. The van der Waals surface area contributed by atoms with E-state index in [9.17, 15) is 16.4 Å². The van der Waals surface area contributed by atoms with Crippen LogP contribution in [0.3, 0.4) is 0 Å². The zero-order valence-corrected chi connectivity index (χ0v) is 73.0. The van der Waals surface area contributed by atoms with Gasteiger partial charge in [0.15, 0.2) is 0 Å². The molecule has 0 atom stereocenters. The van der Waals surface area contributed by atoms with Crippen LogP contribution >= 0.6 is 0 Å². The van der Waals surface area contributed by atoms with E-state index in [1.54, 1.807) is 0 Å². The molecule has 0 bridgehead atoms. The first kappa shape index (κ1) is 66.1. The molecule has 596 valence electrons. The minimum absolute atomic E-state index is 0.314. The van der Waals surface area contributed by atoms with Crippen molar-refractivity contribution in [1.29, 1.82) is 0 Å². The molecular formula is C113H121BN4. The summed E-state index contributed by atoms with van der Waals surface area (Å²) in [5, 5.41) is 3.10. The molecule has 2 aliphatic rings. The summed E-state index contributed by atoms with van der Waals surface area (Å²) in [5.41, 5.74) is 18.0. The molecule has 0 aliphatic carbocycles. The molecule has 13 aromatic carbocycles. The van der Waals surface area contributed by atoms with E-state index in [-0.39, 0.29) is 5.41 Å². The molecule has 2 aromatic heterocycles. The van der Waals surface area contributed by atoms with Crippen molar-refractivity contribution in [3.05, 3.63) is 306 Å². The summed E-state index contributed by atoms with van der Waals surface area (Å²) >= 11 is 0. The van der Waals surface area contributed by atoms with Gasteiger partial charge >= 0.3 is 0 Å². The molecule has 0 saturated carbocycles. The molecule has 5 heteroatoms. The maximum Gasteiger partial charge on any atom is 0.252 e. The highest BCUT2D eigenvalue weighted by atomic mass is 15.2. The molecule has 0 radical (unpaired) electrons. The van der Waals surface area contributed by atoms with Crippen molar-refractivity contribution >= 4 is 101 Å². The Hall–Kier alpha value is -10.9. The predicted octanol–water partition coefficient (Wildman–Crippen LogP) is 29.8. The Morgan fingerprint density at radius 1 is 0.246 bits per heavy atom. The molecule has 17 rings (SSSR count).